The van der Waals surface area contributed by atoms with Crippen molar-refractivity contribution >= 4 is 28.2 Å². The Balaban J connectivity index is 1.34. The van der Waals surface area contributed by atoms with Crippen LogP contribution in [0.15, 0.2) is 58.9 Å². The summed E-state index contributed by atoms with van der Waals surface area (Å²) in [7, 11) is 0. The molecule has 1 aromatic carbocycles. The Morgan fingerprint density at radius 2 is 2.00 bits per heavy atom. The summed E-state index contributed by atoms with van der Waals surface area (Å²) in [6.07, 6.45) is 1.07. The maximum absolute atomic E-state index is 6.19. The van der Waals surface area contributed by atoms with E-state index in [1.807, 2.05) is 23.6 Å². The smallest absolute Gasteiger partial charge is 0.197 e. The third-order valence-electron chi connectivity index (χ3n) is 5.61. The Hall–Kier alpha value is -2.97. The first-order valence-electron chi connectivity index (χ1n) is 10.6. The fourth-order valence-electron chi connectivity index (χ4n) is 3.94. The highest BCUT2D eigenvalue weighted by Gasteiger charge is 2.34. The van der Waals surface area contributed by atoms with E-state index in [2.05, 4.69) is 57.8 Å². The molecule has 3 aromatic rings. The van der Waals surface area contributed by atoms with Gasteiger partial charge < -0.3 is 20.3 Å². The summed E-state index contributed by atoms with van der Waals surface area (Å²) >= 11 is 1.56. The van der Waals surface area contributed by atoms with Gasteiger partial charge in [-0.3, -0.25) is 4.99 Å². The topological polar surface area (TPSA) is 74.7 Å². The molecule has 31 heavy (non-hydrogen) atoms. The molecule has 1 fully saturated rings. The molecule has 8 heteroatoms. The average molecular weight is 435 g/mol. The standard InChI is InChI=1S/C23H26N6OS/c1-23(17-7-3-2-4-8-17)16-29(13-14-30-23)20-10-5-9-18(26-20)19-15-31-22(27-19)28-21-24-11-6-12-25-21/h2-5,7-10,15H,6,11-14,16H2,1H3,(H2,24,25,27,28). The SMILES string of the molecule is CC1(c2ccccc2)CN(c2cccc(-c3csc(NC4=NCCCN4)n3)n2)CCO1. The minimum Gasteiger partial charge on any atom is -0.367 e. The van der Waals surface area contributed by atoms with Crippen LogP contribution < -0.4 is 15.5 Å². The largest absolute Gasteiger partial charge is 0.367 e. The van der Waals surface area contributed by atoms with Crippen LogP contribution in [0, 0.1) is 0 Å². The Morgan fingerprint density at radius 3 is 2.84 bits per heavy atom. The van der Waals surface area contributed by atoms with Crippen molar-refractivity contribution in [2.24, 2.45) is 4.99 Å². The third-order valence-corrected chi connectivity index (χ3v) is 6.36. The van der Waals surface area contributed by atoms with Crippen LogP contribution in [0.1, 0.15) is 18.9 Å². The first-order chi connectivity index (χ1) is 15.2. The molecule has 1 atom stereocenters. The lowest BCUT2D eigenvalue weighted by Crippen LogP contribution is -2.48. The van der Waals surface area contributed by atoms with Crippen molar-refractivity contribution in [3.05, 3.63) is 59.5 Å². The number of hydrogen-bond donors (Lipinski definition) is 2. The summed E-state index contributed by atoms with van der Waals surface area (Å²) in [5.74, 6) is 1.74. The molecule has 0 aliphatic carbocycles. The molecule has 1 saturated heterocycles. The monoisotopic (exact) mass is 434 g/mol. The van der Waals surface area contributed by atoms with Crippen LogP contribution in [0.2, 0.25) is 0 Å². The molecular formula is C23H26N6OS. The van der Waals surface area contributed by atoms with Crippen molar-refractivity contribution in [3.63, 3.8) is 0 Å². The van der Waals surface area contributed by atoms with E-state index in [-0.39, 0.29) is 5.60 Å². The summed E-state index contributed by atoms with van der Waals surface area (Å²) in [6.45, 7) is 6.17. The van der Waals surface area contributed by atoms with Crippen LogP contribution in [0.5, 0.6) is 0 Å². The molecule has 5 rings (SSSR count). The van der Waals surface area contributed by atoms with Gasteiger partial charge in [0, 0.05) is 25.0 Å². The highest BCUT2D eigenvalue weighted by atomic mass is 32.1. The van der Waals surface area contributed by atoms with E-state index < -0.39 is 0 Å². The number of pyridine rings is 1. The van der Waals surface area contributed by atoms with E-state index in [0.717, 1.165) is 60.9 Å². The van der Waals surface area contributed by atoms with Gasteiger partial charge in [0.05, 0.1) is 18.8 Å². The molecule has 7 nitrogen and oxygen atoms in total. The molecule has 2 N–H and O–H groups in total. The molecule has 0 amide bonds. The van der Waals surface area contributed by atoms with Crippen molar-refractivity contribution in [1.82, 2.24) is 15.3 Å². The van der Waals surface area contributed by atoms with E-state index in [4.69, 9.17) is 14.7 Å². The van der Waals surface area contributed by atoms with Gasteiger partial charge in [0.1, 0.15) is 17.1 Å². The number of ether oxygens (including phenoxy) is 1. The van der Waals surface area contributed by atoms with Crippen molar-refractivity contribution in [1.29, 1.82) is 0 Å². The average Bonchev–Trinajstić information content (AvgIpc) is 3.29. The predicted molar refractivity (Wildman–Crippen MR) is 126 cm³/mol. The second kappa shape index (κ2) is 8.64. The minimum atomic E-state index is -0.358. The van der Waals surface area contributed by atoms with E-state index in [0.29, 0.717) is 6.61 Å². The number of thiazole rings is 1. The maximum Gasteiger partial charge on any atom is 0.197 e. The number of anilines is 2. The summed E-state index contributed by atoms with van der Waals surface area (Å²) in [5, 5.41) is 9.38. The van der Waals surface area contributed by atoms with Gasteiger partial charge in [-0.25, -0.2) is 9.97 Å². The molecule has 0 bridgehead atoms. The molecular weight excluding hydrogens is 408 g/mol. The number of aromatic nitrogens is 2. The van der Waals surface area contributed by atoms with Crippen LogP contribution in [0.25, 0.3) is 11.4 Å². The van der Waals surface area contributed by atoms with Crippen LogP contribution in [-0.4, -0.2) is 48.7 Å². The quantitative estimate of drug-likeness (QED) is 0.652. The molecule has 0 spiro atoms. The lowest BCUT2D eigenvalue weighted by molar-refractivity contribution is -0.0467. The van der Waals surface area contributed by atoms with Crippen molar-refractivity contribution in [2.75, 3.05) is 43.0 Å². The molecule has 4 heterocycles. The first kappa shape index (κ1) is 20.0. The zero-order chi connectivity index (χ0) is 21.1. The van der Waals surface area contributed by atoms with E-state index in [1.165, 1.54) is 5.56 Å². The number of aliphatic imine (C=N–C) groups is 1. The van der Waals surface area contributed by atoms with Gasteiger partial charge in [-0.2, -0.15) is 0 Å². The van der Waals surface area contributed by atoms with Gasteiger partial charge in [0.15, 0.2) is 11.1 Å². The molecule has 0 radical (unpaired) electrons. The minimum absolute atomic E-state index is 0.358. The summed E-state index contributed by atoms with van der Waals surface area (Å²) in [4.78, 5) is 16.4. The third kappa shape index (κ3) is 4.40. The second-order valence-electron chi connectivity index (χ2n) is 7.92. The molecule has 0 saturated carbocycles. The zero-order valence-corrected chi connectivity index (χ0v) is 18.4. The number of benzene rings is 1. The van der Waals surface area contributed by atoms with Crippen LogP contribution in [0.3, 0.4) is 0 Å². The van der Waals surface area contributed by atoms with Gasteiger partial charge in [-0.1, -0.05) is 36.4 Å². The normalized spacial score (nSPS) is 21.3. The Kier molecular flexibility index (Phi) is 5.57. The summed E-state index contributed by atoms with van der Waals surface area (Å²) < 4.78 is 6.19. The fourth-order valence-corrected chi connectivity index (χ4v) is 4.64. The zero-order valence-electron chi connectivity index (χ0n) is 17.5. The van der Waals surface area contributed by atoms with E-state index in [1.54, 1.807) is 11.3 Å². The number of hydrogen-bond acceptors (Lipinski definition) is 8. The molecule has 2 aliphatic heterocycles. The van der Waals surface area contributed by atoms with Crippen molar-refractivity contribution in [2.45, 2.75) is 18.9 Å². The number of rotatable bonds is 4. The maximum atomic E-state index is 6.19. The molecule has 1 unspecified atom stereocenters. The molecule has 2 aliphatic rings. The Labute approximate surface area is 186 Å². The summed E-state index contributed by atoms with van der Waals surface area (Å²) in [5.41, 5.74) is 2.56. The predicted octanol–water partition coefficient (Wildman–Crippen LogP) is 3.72. The first-order valence-corrected chi connectivity index (χ1v) is 11.5. The fraction of sp³-hybridized carbons (Fsp3) is 0.348. The lowest BCUT2D eigenvalue weighted by atomic mass is 9.94. The number of nitrogens with one attached hydrogen (secondary N) is 2. The van der Waals surface area contributed by atoms with Crippen LogP contribution in [-0.2, 0) is 10.3 Å². The van der Waals surface area contributed by atoms with Gasteiger partial charge in [-0.15, -0.1) is 11.3 Å². The highest BCUT2D eigenvalue weighted by Crippen LogP contribution is 2.32. The van der Waals surface area contributed by atoms with E-state index in [9.17, 15) is 0 Å². The van der Waals surface area contributed by atoms with E-state index >= 15 is 0 Å². The van der Waals surface area contributed by atoms with Gasteiger partial charge in [0.25, 0.3) is 0 Å². The van der Waals surface area contributed by atoms with Crippen molar-refractivity contribution in [3.8, 4) is 11.4 Å². The number of nitrogens with zero attached hydrogens (tertiary/aromatic N) is 4. The Bertz CT molecular complexity index is 1070. The number of morpholine rings is 1. The van der Waals surface area contributed by atoms with Gasteiger partial charge >= 0.3 is 0 Å². The lowest BCUT2D eigenvalue weighted by Gasteiger charge is -2.41. The summed E-state index contributed by atoms with van der Waals surface area (Å²) in [6, 6.07) is 16.5. The van der Waals surface area contributed by atoms with Crippen molar-refractivity contribution < 1.29 is 4.74 Å². The molecule has 2 aromatic heterocycles. The van der Waals surface area contributed by atoms with Gasteiger partial charge in [0.2, 0.25) is 0 Å². The molecule has 160 valence electrons. The second-order valence-corrected chi connectivity index (χ2v) is 8.78. The Morgan fingerprint density at radius 1 is 1.10 bits per heavy atom. The number of guanidine groups is 1. The van der Waals surface area contributed by atoms with Gasteiger partial charge in [-0.05, 0) is 31.0 Å². The van der Waals surface area contributed by atoms with Crippen LogP contribution in [0.4, 0.5) is 10.9 Å². The van der Waals surface area contributed by atoms with Crippen LogP contribution >= 0.6 is 11.3 Å². The highest BCUT2D eigenvalue weighted by molar-refractivity contribution is 7.14.